The highest BCUT2D eigenvalue weighted by Gasteiger charge is 2.41. The van der Waals surface area contributed by atoms with Crippen molar-refractivity contribution in [3.05, 3.63) is 53.3 Å². The van der Waals surface area contributed by atoms with Crippen molar-refractivity contribution in [2.45, 2.75) is 50.0 Å². The van der Waals surface area contributed by atoms with Gasteiger partial charge < -0.3 is 15.4 Å². The number of nitrogens with one attached hydrogen (secondary N) is 2. The van der Waals surface area contributed by atoms with Gasteiger partial charge in [-0.2, -0.15) is 0 Å². The van der Waals surface area contributed by atoms with Gasteiger partial charge in [-0.15, -0.1) is 0 Å². The molecule has 1 amide bonds. The van der Waals surface area contributed by atoms with E-state index >= 15 is 0 Å². The second-order valence-corrected chi connectivity index (χ2v) is 8.21. The number of benzene rings is 1. The highest BCUT2D eigenvalue weighted by atomic mass is 35.5. The molecule has 0 radical (unpaired) electrons. The molecule has 1 aliphatic heterocycles. The first kappa shape index (κ1) is 19.2. The molecule has 4 rings (SSSR count). The largest absolute Gasteiger partial charge is 0.376 e. The van der Waals surface area contributed by atoms with E-state index in [1.54, 1.807) is 12.1 Å². The number of carbonyl (C=O) groups excluding carboxylic acids is 1. The fraction of sp³-hybridized carbons (Fsp3) is 0.455. The number of halogens is 1. The van der Waals surface area contributed by atoms with E-state index in [0.29, 0.717) is 10.9 Å². The quantitative estimate of drug-likeness (QED) is 0.743. The van der Waals surface area contributed by atoms with Crippen LogP contribution in [-0.2, 0) is 9.53 Å². The maximum absolute atomic E-state index is 12.5. The van der Waals surface area contributed by atoms with Gasteiger partial charge in [-0.3, -0.25) is 9.78 Å². The standard InChI is InChI=1S/C22H26ClN3O2/c23-17-5-3-6-18(13-17)25-15-20(27)26-19-7-4-11-24-21(19)16-8-12-28-22(14-16)9-1-2-10-22/h3-7,11,13,16,25H,1-2,8-10,12,14-15H2,(H,26,27). The van der Waals surface area contributed by atoms with Crippen molar-refractivity contribution in [3.63, 3.8) is 0 Å². The minimum atomic E-state index is -0.100. The molecule has 2 fully saturated rings. The van der Waals surface area contributed by atoms with Crippen molar-refractivity contribution in [1.29, 1.82) is 0 Å². The van der Waals surface area contributed by atoms with Crippen LogP contribution in [0.2, 0.25) is 5.02 Å². The van der Waals surface area contributed by atoms with Crippen molar-refractivity contribution in [2.75, 3.05) is 23.8 Å². The first-order chi connectivity index (χ1) is 13.6. The van der Waals surface area contributed by atoms with Crippen molar-refractivity contribution >= 4 is 28.9 Å². The van der Waals surface area contributed by atoms with Crippen LogP contribution < -0.4 is 10.6 Å². The molecular formula is C22H26ClN3O2. The summed E-state index contributed by atoms with van der Waals surface area (Å²) in [6.45, 7) is 0.942. The van der Waals surface area contributed by atoms with E-state index in [1.165, 1.54) is 12.8 Å². The smallest absolute Gasteiger partial charge is 0.243 e. The molecule has 1 saturated carbocycles. The Kier molecular flexibility index (Phi) is 5.83. The lowest BCUT2D eigenvalue weighted by Gasteiger charge is -2.38. The fourth-order valence-electron chi connectivity index (χ4n) is 4.45. The number of hydrogen-bond acceptors (Lipinski definition) is 4. The molecule has 2 aromatic rings. The van der Waals surface area contributed by atoms with E-state index in [2.05, 4.69) is 15.6 Å². The Morgan fingerprint density at radius 2 is 2.11 bits per heavy atom. The zero-order valence-electron chi connectivity index (χ0n) is 15.9. The molecule has 6 heteroatoms. The van der Waals surface area contributed by atoms with Gasteiger partial charge in [0, 0.05) is 29.4 Å². The molecule has 148 valence electrons. The lowest BCUT2D eigenvalue weighted by Crippen LogP contribution is -2.37. The number of carbonyl (C=O) groups is 1. The maximum atomic E-state index is 12.5. The van der Waals surface area contributed by atoms with Crippen molar-refractivity contribution in [1.82, 2.24) is 4.98 Å². The van der Waals surface area contributed by atoms with Crippen LogP contribution in [-0.4, -0.2) is 29.6 Å². The summed E-state index contributed by atoms with van der Waals surface area (Å²) < 4.78 is 6.16. The zero-order valence-corrected chi connectivity index (χ0v) is 16.7. The van der Waals surface area contributed by atoms with Gasteiger partial charge in [-0.05, 0) is 56.0 Å². The van der Waals surface area contributed by atoms with Crippen LogP contribution >= 0.6 is 11.6 Å². The van der Waals surface area contributed by atoms with E-state index in [-0.39, 0.29) is 18.1 Å². The van der Waals surface area contributed by atoms with E-state index in [4.69, 9.17) is 16.3 Å². The summed E-state index contributed by atoms with van der Waals surface area (Å²) in [4.78, 5) is 17.1. The number of rotatable bonds is 5. The Morgan fingerprint density at radius 1 is 1.25 bits per heavy atom. The Bertz CT molecular complexity index is 836. The van der Waals surface area contributed by atoms with Crippen LogP contribution in [0.5, 0.6) is 0 Å². The van der Waals surface area contributed by atoms with Gasteiger partial charge >= 0.3 is 0 Å². The van der Waals surface area contributed by atoms with E-state index in [9.17, 15) is 4.79 Å². The fourth-order valence-corrected chi connectivity index (χ4v) is 4.64. The first-order valence-electron chi connectivity index (χ1n) is 10.0. The molecule has 5 nitrogen and oxygen atoms in total. The second kappa shape index (κ2) is 8.50. The maximum Gasteiger partial charge on any atom is 0.243 e. The Labute approximate surface area is 170 Å². The molecule has 1 aromatic heterocycles. The van der Waals surface area contributed by atoms with Gasteiger partial charge in [-0.1, -0.05) is 30.5 Å². The molecule has 2 aliphatic rings. The molecule has 1 saturated heterocycles. The normalized spacial score (nSPS) is 20.8. The van der Waals surface area contributed by atoms with Crippen LogP contribution in [0.15, 0.2) is 42.6 Å². The Hall–Kier alpha value is -2.11. The lowest BCUT2D eigenvalue weighted by molar-refractivity contribution is -0.114. The molecule has 1 aromatic carbocycles. The van der Waals surface area contributed by atoms with E-state index in [0.717, 1.165) is 49.4 Å². The van der Waals surface area contributed by atoms with Gasteiger partial charge in [-0.25, -0.2) is 0 Å². The summed E-state index contributed by atoms with van der Waals surface area (Å²) in [6, 6.07) is 11.2. The van der Waals surface area contributed by atoms with Crippen molar-refractivity contribution < 1.29 is 9.53 Å². The SMILES string of the molecule is O=C(CNc1cccc(Cl)c1)Nc1cccnc1C1CCOC2(CCCC2)C1. The van der Waals surface area contributed by atoms with Crippen LogP contribution in [0.1, 0.15) is 50.1 Å². The average molecular weight is 400 g/mol. The number of nitrogens with zero attached hydrogens (tertiary/aromatic N) is 1. The average Bonchev–Trinajstić information content (AvgIpc) is 3.14. The lowest BCUT2D eigenvalue weighted by atomic mass is 9.82. The monoisotopic (exact) mass is 399 g/mol. The number of ether oxygens (including phenoxy) is 1. The summed E-state index contributed by atoms with van der Waals surface area (Å²) in [5, 5.41) is 6.78. The third kappa shape index (κ3) is 4.47. The summed E-state index contributed by atoms with van der Waals surface area (Å²) in [5.74, 6) is 0.223. The van der Waals surface area contributed by atoms with E-state index in [1.807, 2.05) is 30.5 Å². The number of hydrogen-bond donors (Lipinski definition) is 2. The van der Waals surface area contributed by atoms with Crippen LogP contribution in [0.4, 0.5) is 11.4 Å². The number of aromatic nitrogens is 1. The molecule has 0 bridgehead atoms. The van der Waals surface area contributed by atoms with Crippen LogP contribution in [0.25, 0.3) is 0 Å². The topological polar surface area (TPSA) is 63.2 Å². The summed E-state index contributed by atoms with van der Waals surface area (Å²) in [7, 11) is 0. The van der Waals surface area contributed by atoms with Gasteiger partial charge in [0.25, 0.3) is 0 Å². The predicted molar refractivity (Wildman–Crippen MR) is 112 cm³/mol. The van der Waals surface area contributed by atoms with Gasteiger partial charge in [0.15, 0.2) is 0 Å². The molecule has 1 aliphatic carbocycles. The highest BCUT2D eigenvalue weighted by molar-refractivity contribution is 6.30. The number of amides is 1. The molecule has 2 heterocycles. The van der Waals surface area contributed by atoms with E-state index < -0.39 is 0 Å². The van der Waals surface area contributed by atoms with Gasteiger partial charge in [0.1, 0.15) is 0 Å². The van der Waals surface area contributed by atoms with Crippen LogP contribution in [0.3, 0.4) is 0 Å². The number of pyridine rings is 1. The third-order valence-corrected chi connectivity index (χ3v) is 6.02. The molecular weight excluding hydrogens is 374 g/mol. The minimum Gasteiger partial charge on any atom is -0.376 e. The van der Waals surface area contributed by atoms with Crippen molar-refractivity contribution in [2.24, 2.45) is 0 Å². The van der Waals surface area contributed by atoms with Gasteiger partial charge in [0.05, 0.1) is 23.5 Å². The molecule has 1 atom stereocenters. The molecule has 1 unspecified atom stereocenters. The van der Waals surface area contributed by atoms with Gasteiger partial charge in [0.2, 0.25) is 5.91 Å². The zero-order chi connectivity index (χ0) is 19.4. The third-order valence-electron chi connectivity index (χ3n) is 5.78. The summed E-state index contributed by atoms with van der Waals surface area (Å²) in [5.41, 5.74) is 2.63. The summed E-state index contributed by atoms with van der Waals surface area (Å²) in [6.07, 6.45) is 8.52. The predicted octanol–water partition coefficient (Wildman–Crippen LogP) is 4.99. The minimum absolute atomic E-state index is 0.0237. The Morgan fingerprint density at radius 3 is 2.93 bits per heavy atom. The van der Waals surface area contributed by atoms with Crippen molar-refractivity contribution in [3.8, 4) is 0 Å². The second-order valence-electron chi connectivity index (χ2n) is 7.78. The summed E-state index contributed by atoms with van der Waals surface area (Å²) >= 11 is 5.99. The number of anilines is 2. The first-order valence-corrected chi connectivity index (χ1v) is 10.4. The molecule has 1 spiro atoms. The van der Waals surface area contributed by atoms with Crippen LogP contribution in [0, 0.1) is 0 Å². The highest BCUT2D eigenvalue weighted by Crippen LogP contribution is 2.45. The molecule has 28 heavy (non-hydrogen) atoms. The Balaban J connectivity index is 1.42. The molecule has 2 N–H and O–H groups in total.